The van der Waals surface area contributed by atoms with E-state index in [1.807, 2.05) is 37.3 Å². The van der Waals surface area contributed by atoms with E-state index >= 15 is 0 Å². The molecule has 0 heterocycles. The zero-order valence-electron chi connectivity index (χ0n) is 22.7. The zero-order valence-corrected chi connectivity index (χ0v) is 24.3. The van der Waals surface area contributed by atoms with Crippen molar-refractivity contribution in [2.75, 3.05) is 23.7 Å². The Morgan fingerprint density at radius 3 is 2.30 bits per heavy atom. The number of carbonyl (C=O) groups excluding carboxylic acids is 2. The second-order valence-electron chi connectivity index (χ2n) is 9.56. The van der Waals surface area contributed by atoms with Crippen LogP contribution in [0.2, 0.25) is 5.02 Å². The third-order valence-corrected chi connectivity index (χ3v) is 7.76. The Hall–Kier alpha value is -3.43. The van der Waals surface area contributed by atoms with Gasteiger partial charge >= 0.3 is 0 Å². The van der Waals surface area contributed by atoms with E-state index in [0.717, 1.165) is 18.2 Å². The molecule has 3 rings (SSSR count). The predicted molar refractivity (Wildman–Crippen MR) is 157 cm³/mol. The minimum absolute atomic E-state index is 0.000127. The van der Waals surface area contributed by atoms with Gasteiger partial charge < -0.3 is 10.2 Å². The summed E-state index contributed by atoms with van der Waals surface area (Å²) in [7, 11) is -3.64. The number of hydrogen-bond donors (Lipinski definition) is 1. The molecule has 0 aliphatic heterocycles. The first-order chi connectivity index (χ1) is 19.1. The van der Waals surface area contributed by atoms with Gasteiger partial charge in [-0.25, -0.2) is 12.8 Å². The van der Waals surface area contributed by atoms with Crippen molar-refractivity contribution in [1.82, 2.24) is 10.2 Å². The maximum absolute atomic E-state index is 13.7. The summed E-state index contributed by atoms with van der Waals surface area (Å²) in [4.78, 5) is 28.6. The van der Waals surface area contributed by atoms with E-state index < -0.39 is 21.9 Å². The summed E-state index contributed by atoms with van der Waals surface area (Å²) in [5, 5.41) is 3.31. The molecule has 40 heavy (non-hydrogen) atoms. The predicted octanol–water partition coefficient (Wildman–Crippen LogP) is 5.19. The fourth-order valence-corrected chi connectivity index (χ4v) is 5.48. The first-order valence-electron chi connectivity index (χ1n) is 13.2. The van der Waals surface area contributed by atoms with Crippen molar-refractivity contribution in [2.45, 2.75) is 45.2 Å². The molecule has 1 N–H and O–H groups in total. The van der Waals surface area contributed by atoms with Gasteiger partial charge in [0.2, 0.25) is 21.8 Å². The normalized spacial score (nSPS) is 12.0. The van der Waals surface area contributed by atoms with E-state index in [0.29, 0.717) is 29.2 Å². The Bertz CT molecular complexity index is 1370. The number of nitrogens with one attached hydrogen (secondary N) is 1. The summed E-state index contributed by atoms with van der Waals surface area (Å²) in [6.45, 7) is 2.56. The van der Waals surface area contributed by atoms with Crippen LogP contribution in [0.1, 0.15) is 37.3 Å². The summed E-state index contributed by atoms with van der Waals surface area (Å²) >= 11 is 6.08. The van der Waals surface area contributed by atoms with Crippen LogP contribution in [0.5, 0.6) is 0 Å². The maximum atomic E-state index is 13.7. The summed E-state index contributed by atoms with van der Waals surface area (Å²) in [5.74, 6) is -0.987. The van der Waals surface area contributed by atoms with Crippen molar-refractivity contribution in [1.29, 1.82) is 0 Å². The van der Waals surface area contributed by atoms with Crippen molar-refractivity contribution in [3.05, 3.63) is 101 Å². The molecule has 0 saturated heterocycles. The molecule has 0 radical (unpaired) electrons. The second kappa shape index (κ2) is 14.8. The molecule has 0 fully saturated rings. The van der Waals surface area contributed by atoms with Crippen molar-refractivity contribution < 1.29 is 22.4 Å². The molecule has 3 aromatic rings. The van der Waals surface area contributed by atoms with Crippen LogP contribution in [-0.4, -0.2) is 50.5 Å². The summed E-state index contributed by atoms with van der Waals surface area (Å²) in [6, 6.07) is 20.9. The van der Waals surface area contributed by atoms with Gasteiger partial charge in [-0.15, -0.1) is 0 Å². The quantitative estimate of drug-likeness (QED) is 0.281. The van der Waals surface area contributed by atoms with Crippen LogP contribution in [0.25, 0.3) is 0 Å². The molecular formula is C30H35ClFN3O4S. The van der Waals surface area contributed by atoms with Gasteiger partial charge in [0.25, 0.3) is 0 Å². The number of rotatable bonds is 14. The Balaban J connectivity index is 1.86. The van der Waals surface area contributed by atoms with E-state index in [4.69, 9.17) is 11.6 Å². The minimum atomic E-state index is -3.64. The maximum Gasteiger partial charge on any atom is 0.243 e. The van der Waals surface area contributed by atoms with Crippen molar-refractivity contribution >= 4 is 39.1 Å². The second-order valence-corrected chi connectivity index (χ2v) is 11.9. The lowest BCUT2D eigenvalue weighted by atomic mass is 10.0. The Morgan fingerprint density at radius 1 is 0.975 bits per heavy atom. The fourth-order valence-electron chi connectivity index (χ4n) is 4.34. The smallest absolute Gasteiger partial charge is 0.243 e. The number of benzene rings is 3. The van der Waals surface area contributed by atoms with Crippen LogP contribution in [0.3, 0.4) is 0 Å². The molecule has 0 aliphatic rings. The number of amides is 2. The molecule has 1 atom stereocenters. The SMILES string of the molecule is CCCNC(=O)C(Cc1ccccc1)N(Cc1ccc(F)cc1)C(=O)CCCN(c1cccc(Cl)c1)S(C)(=O)=O. The third-order valence-electron chi connectivity index (χ3n) is 6.33. The molecule has 10 heteroatoms. The molecule has 3 aromatic carbocycles. The van der Waals surface area contributed by atoms with Gasteiger partial charge in [-0.2, -0.15) is 0 Å². The van der Waals surface area contributed by atoms with Crippen LogP contribution < -0.4 is 9.62 Å². The molecule has 214 valence electrons. The molecule has 0 aromatic heterocycles. The van der Waals surface area contributed by atoms with Gasteiger partial charge in [0.05, 0.1) is 11.9 Å². The van der Waals surface area contributed by atoms with Gasteiger partial charge in [-0.1, -0.05) is 67.1 Å². The molecule has 2 amide bonds. The Kier molecular flexibility index (Phi) is 11.5. The van der Waals surface area contributed by atoms with Crippen LogP contribution in [0.15, 0.2) is 78.9 Å². The Labute approximate surface area is 241 Å². The van der Waals surface area contributed by atoms with E-state index in [9.17, 15) is 22.4 Å². The van der Waals surface area contributed by atoms with E-state index in [1.54, 1.807) is 36.4 Å². The number of hydrogen-bond acceptors (Lipinski definition) is 4. The average molecular weight is 588 g/mol. The van der Waals surface area contributed by atoms with Crippen molar-refractivity contribution in [3.63, 3.8) is 0 Å². The van der Waals surface area contributed by atoms with Crippen LogP contribution in [0, 0.1) is 5.82 Å². The lowest BCUT2D eigenvalue weighted by Crippen LogP contribution is -2.50. The fraction of sp³-hybridized carbons (Fsp3) is 0.333. The van der Waals surface area contributed by atoms with Crippen molar-refractivity contribution in [3.8, 4) is 0 Å². The van der Waals surface area contributed by atoms with E-state index in [-0.39, 0.29) is 37.7 Å². The number of sulfonamides is 1. The Morgan fingerprint density at radius 2 is 1.68 bits per heavy atom. The minimum Gasteiger partial charge on any atom is -0.354 e. The number of nitrogens with zero attached hydrogens (tertiary/aromatic N) is 2. The molecule has 1 unspecified atom stereocenters. The summed E-state index contributed by atoms with van der Waals surface area (Å²) in [6.07, 6.45) is 2.35. The highest BCUT2D eigenvalue weighted by molar-refractivity contribution is 7.92. The zero-order chi connectivity index (χ0) is 29.1. The van der Waals surface area contributed by atoms with Gasteiger partial charge in [-0.05, 0) is 54.3 Å². The van der Waals surface area contributed by atoms with Crippen molar-refractivity contribution in [2.24, 2.45) is 0 Å². The molecular weight excluding hydrogens is 553 g/mol. The van der Waals surface area contributed by atoms with Crippen LogP contribution in [-0.2, 0) is 32.6 Å². The number of carbonyl (C=O) groups is 2. The summed E-state index contributed by atoms with van der Waals surface area (Å²) in [5.41, 5.74) is 1.97. The van der Waals surface area contributed by atoms with Gasteiger partial charge in [0.15, 0.2) is 0 Å². The third kappa shape index (κ3) is 9.34. The highest BCUT2D eigenvalue weighted by Crippen LogP contribution is 2.23. The number of anilines is 1. The lowest BCUT2D eigenvalue weighted by Gasteiger charge is -2.32. The first-order valence-corrected chi connectivity index (χ1v) is 15.4. The van der Waals surface area contributed by atoms with Crippen LogP contribution in [0.4, 0.5) is 10.1 Å². The summed E-state index contributed by atoms with van der Waals surface area (Å²) < 4.78 is 39.9. The van der Waals surface area contributed by atoms with E-state index in [1.165, 1.54) is 21.3 Å². The van der Waals surface area contributed by atoms with Gasteiger partial charge in [-0.3, -0.25) is 13.9 Å². The number of halogens is 2. The molecule has 0 bridgehead atoms. The van der Waals surface area contributed by atoms with Crippen LogP contribution >= 0.6 is 11.6 Å². The highest BCUT2D eigenvalue weighted by atomic mass is 35.5. The van der Waals surface area contributed by atoms with E-state index in [2.05, 4.69) is 5.32 Å². The molecule has 0 aliphatic carbocycles. The molecule has 7 nitrogen and oxygen atoms in total. The molecule has 0 spiro atoms. The monoisotopic (exact) mass is 587 g/mol. The lowest BCUT2D eigenvalue weighted by molar-refractivity contribution is -0.141. The average Bonchev–Trinajstić information content (AvgIpc) is 2.92. The first kappa shape index (κ1) is 31.1. The molecule has 0 saturated carbocycles. The topological polar surface area (TPSA) is 86.8 Å². The highest BCUT2D eigenvalue weighted by Gasteiger charge is 2.30. The standard InChI is InChI=1S/C30H35ClFN3O4S/c1-3-18-33-30(37)28(20-23-9-5-4-6-10-23)34(22-24-14-16-26(32)17-15-24)29(36)13-8-19-35(40(2,38)39)27-12-7-11-25(31)21-27/h4-7,9-12,14-17,21,28H,3,8,13,18-20,22H2,1-2H3,(H,33,37). The largest absolute Gasteiger partial charge is 0.354 e. The van der Waals surface area contributed by atoms with Gasteiger partial charge in [0, 0.05) is 37.5 Å². The van der Waals surface area contributed by atoms with Gasteiger partial charge in [0.1, 0.15) is 11.9 Å².